The molecule has 0 spiro atoms. The molecule has 0 saturated heterocycles. The van der Waals surface area contributed by atoms with Crippen molar-refractivity contribution >= 4 is 17.5 Å². The number of aryl methyl sites for hydroxylation is 1. The van der Waals surface area contributed by atoms with Gasteiger partial charge in [-0.2, -0.15) is 0 Å². The summed E-state index contributed by atoms with van der Waals surface area (Å²) in [6.07, 6.45) is -0.736. The highest BCUT2D eigenvalue weighted by Gasteiger charge is 2.26. The lowest BCUT2D eigenvalue weighted by Gasteiger charge is -2.24. The Bertz CT molecular complexity index is 877. The highest BCUT2D eigenvalue weighted by Crippen LogP contribution is 2.34. The number of ether oxygens (including phenoxy) is 2. The van der Waals surface area contributed by atoms with E-state index in [4.69, 9.17) is 9.47 Å². The molecule has 0 aliphatic heterocycles. The molecule has 0 radical (unpaired) electrons. The maximum atomic E-state index is 13.4. The second-order valence-electron chi connectivity index (χ2n) is 6.96. The summed E-state index contributed by atoms with van der Waals surface area (Å²) >= 11 is 0. The highest BCUT2D eigenvalue weighted by molar-refractivity contribution is 5.90. The van der Waals surface area contributed by atoms with Crippen LogP contribution < -0.4 is 9.64 Å². The molecule has 144 valence electrons. The van der Waals surface area contributed by atoms with E-state index >= 15 is 0 Å². The Kier molecular flexibility index (Phi) is 5.68. The third kappa shape index (κ3) is 5.16. The number of hydrogen-bond acceptors (Lipinski definition) is 5. The monoisotopic (exact) mass is 376 g/mol. The smallest absolute Gasteiger partial charge is 0.414 e. The van der Waals surface area contributed by atoms with Gasteiger partial charge in [0.1, 0.15) is 28.6 Å². The molecule has 0 fully saturated rings. The minimum Gasteiger partial charge on any atom is -0.457 e. The van der Waals surface area contributed by atoms with Gasteiger partial charge >= 0.3 is 6.09 Å². The van der Waals surface area contributed by atoms with E-state index < -0.39 is 16.6 Å². The average Bonchev–Trinajstić information content (AvgIpc) is 2.55. The first-order chi connectivity index (χ1) is 12.5. The minimum absolute atomic E-state index is 0.0191. The Balaban J connectivity index is 2.37. The van der Waals surface area contributed by atoms with Crippen LogP contribution in [0, 0.1) is 22.9 Å². The van der Waals surface area contributed by atoms with E-state index in [0.29, 0.717) is 11.3 Å². The predicted octanol–water partition coefficient (Wildman–Crippen LogP) is 5.21. The summed E-state index contributed by atoms with van der Waals surface area (Å²) in [6.45, 7) is 6.69. The molecule has 0 N–H and O–H groups in total. The number of benzene rings is 2. The zero-order valence-electron chi connectivity index (χ0n) is 15.8. The van der Waals surface area contributed by atoms with Crippen molar-refractivity contribution in [3.8, 4) is 11.5 Å². The number of amides is 1. The second kappa shape index (κ2) is 7.61. The molecule has 0 aliphatic carbocycles. The number of halogens is 1. The molecule has 0 heterocycles. The van der Waals surface area contributed by atoms with Crippen molar-refractivity contribution in [2.24, 2.45) is 0 Å². The van der Waals surface area contributed by atoms with Gasteiger partial charge in [0.25, 0.3) is 5.69 Å². The summed E-state index contributed by atoms with van der Waals surface area (Å²) < 4.78 is 24.3. The van der Waals surface area contributed by atoms with Gasteiger partial charge in [0.15, 0.2) is 0 Å². The summed E-state index contributed by atoms with van der Waals surface area (Å²) in [7, 11) is 1.38. The molecular weight excluding hydrogens is 355 g/mol. The largest absolute Gasteiger partial charge is 0.457 e. The van der Waals surface area contributed by atoms with Gasteiger partial charge in [0.05, 0.1) is 4.92 Å². The summed E-state index contributed by atoms with van der Waals surface area (Å²) in [5, 5.41) is 11.3. The van der Waals surface area contributed by atoms with Crippen molar-refractivity contribution in [3.63, 3.8) is 0 Å². The Morgan fingerprint density at radius 3 is 2.30 bits per heavy atom. The lowest BCUT2D eigenvalue weighted by atomic mass is 10.2. The van der Waals surface area contributed by atoms with Crippen LogP contribution in [-0.4, -0.2) is 23.7 Å². The number of nitro benzene ring substituents is 1. The zero-order valence-corrected chi connectivity index (χ0v) is 15.8. The third-order valence-electron chi connectivity index (χ3n) is 3.54. The number of rotatable bonds is 4. The number of hydrogen-bond donors (Lipinski definition) is 0. The quantitative estimate of drug-likeness (QED) is 0.541. The number of nitro groups is 1. The van der Waals surface area contributed by atoms with Crippen molar-refractivity contribution in [1.82, 2.24) is 0 Å². The molecule has 2 rings (SSSR count). The fourth-order valence-electron chi connectivity index (χ4n) is 2.24. The molecule has 0 unspecified atom stereocenters. The van der Waals surface area contributed by atoms with E-state index in [-0.39, 0.29) is 22.9 Å². The van der Waals surface area contributed by atoms with Crippen LogP contribution in [0.3, 0.4) is 0 Å². The number of nitrogens with zero attached hydrogens (tertiary/aromatic N) is 2. The van der Waals surface area contributed by atoms with Gasteiger partial charge in [-0.05, 0) is 57.5 Å². The molecule has 0 bridgehead atoms. The standard InChI is InChI=1S/C19H21FN2O5/c1-12-10-13(6-8-15(12)20)26-14-7-9-16(22(24)25)17(11-14)21(5)18(23)27-19(2,3)4/h6-11H,1-5H3. The summed E-state index contributed by atoms with van der Waals surface area (Å²) in [5.74, 6) is 0.266. The fourth-order valence-corrected chi connectivity index (χ4v) is 2.24. The van der Waals surface area contributed by atoms with Crippen LogP contribution in [0.4, 0.5) is 20.6 Å². The molecule has 7 nitrogen and oxygen atoms in total. The van der Waals surface area contributed by atoms with E-state index in [1.54, 1.807) is 27.7 Å². The molecule has 0 saturated carbocycles. The molecule has 2 aromatic rings. The lowest BCUT2D eigenvalue weighted by molar-refractivity contribution is -0.384. The normalized spacial score (nSPS) is 11.0. The van der Waals surface area contributed by atoms with Crippen molar-refractivity contribution in [3.05, 3.63) is 57.9 Å². The van der Waals surface area contributed by atoms with Crippen molar-refractivity contribution in [1.29, 1.82) is 0 Å². The molecule has 0 atom stereocenters. The highest BCUT2D eigenvalue weighted by atomic mass is 19.1. The molecule has 0 aromatic heterocycles. The van der Waals surface area contributed by atoms with E-state index in [9.17, 15) is 19.3 Å². The lowest BCUT2D eigenvalue weighted by Crippen LogP contribution is -2.34. The van der Waals surface area contributed by atoms with Gasteiger partial charge in [-0.25, -0.2) is 9.18 Å². The van der Waals surface area contributed by atoms with Gasteiger partial charge in [0, 0.05) is 19.2 Å². The van der Waals surface area contributed by atoms with Crippen molar-refractivity contribution < 1.29 is 23.6 Å². The van der Waals surface area contributed by atoms with Gasteiger partial charge < -0.3 is 9.47 Å². The number of anilines is 1. The Morgan fingerprint density at radius 1 is 1.15 bits per heavy atom. The van der Waals surface area contributed by atoms with E-state index in [1.165, 1.54) is 43.4 Å². The van der Waals surface area contributed by atoms with Crippen LogP contribution in [-0.2, 0) is 4.74 Å². The Hall–Kier alpha value is -3.16. The van der Waals surface area contributed by atoms with Crippen LogP contribution in [0.25, 0.3) is 0 Å². The molecular formula is C19H21FN2O5. The Morgan fingerprint density at radius 2 is 1.74 bits per heavy atom. The molecule has 1 amide bonds. The average molecular weight is 376 g/mol. The van der Waals surface area contributed by atoms with Gasteiger partial charge in [-0.1, -0.05) is 0 Å². The van der Waals surface area contributed by atoms with Gasteiger partial charge in [-0.3, -0.25) is 15.0 Å². The molecule has 2 aromatic carbocycles. The maximum absolute atomic E-state index is 13.4. The minimum atomic E-state index is -0.750. The van der Waals surface area contributed by atoms with Gasteiger partial charge in [0.2, 0.25) is 0 Å². The number of carbonyl (C=O) groups excluding carboxylic acids is 1. The number of carbonyl (C=O) groups is 1. The molecule has 8 heteroatoms. The van der Waals surface area contributed by atoms with E-state index in [0.717, 1.165) is 4.90 Å². The Labute approximate surface area is 156 Å². The van der Waals surface area contributed by atoms with Crippen LogP contribution in [0.2, 0.25) is 0 Å². The second-order valence-corrected chi connectivity index (χ2v) is 6.96. The predicted molar refractivity (Wildman–Crippen MR) is 98.9 cm³/mol. The third-order valence-corrected chi connectivity index (χ3v) is 3.54. The van der Waals surface area contributed by atoms with Crippen LogP contribution in [0.1, 0.15) is 26.3 Å². The van der Waals surface area contributed by atoms with Crippen molar-refractivity contribution in [2.45, 2.75) is 33.3 Å². The fraction of sp³-hybridized carbons (Fsp3) is 0.316. The first-order valence-electron chi connectivity index (χ1n) is 8.17. The maximum Gasteiger partial charge on any atom is 0.414 e. The summed E-state index contributed by atoms with van der Waals surface area (Å²) in [6, 6.07) is 8.23. The van der Waals surface area contributed by atoms with Crippen LogP contribution in [0.15, 0.2) is 36.4 Å². The van der Waals surface area contributed by atoms with Crippen LogP contribution >= 0.6 is 0 Å². The van der Waals surface area contributed by atoms with Gasteiger partial charge in [-0.15, -0.1) is 0 Å². The first kappa shape index (κ1) is 20.2. The summed E-state index contributed by atoms with van der Waals surface area (Å²) in [5.41, 5.74) is -0.600. The zero-order chi connectivity index (χ0) is 20.4. The topological polar surface area (TPSA) is 81.9 Å². The van der Waals surface area contributed by atoms with E-state index in [1.807, 2.05) is 0 Å². The molecule has 27 heavy (non-hydrogen) atoms. The van der Waals surface area contributed by atoms with Crippen molar-refractivity contribution in [2.75, 3.05) is 11.9 Å². The van der Waals surface area contributed by atoms with Crippen LogP contribution in [0.5, 0.6) is 11.5 Å². The molecule has 0 aliphatic rings. The van der Waals surface area contributed by atoms with E-state index in [2.05, 4.69) is 0 Å². The summed E-state index contributed by atoms with van der Waals surface area (Å²) in [4.78, 5) is 24.1. The first-order valence-corrected chi connectivity index (χ1v) is 8.17. The SMILES string of the molecule is Cc1cc(Oc2ccc([N+](=O)[O-])c(N(C)C(=O)OC(C)(C)C)c2)ccc1F.